The van der Waals surface area contributed by atoms with E-state index in [9.17, 15) is 17.6 Å². The van der Waals surface area contributed by atoms with Gasteiger partial charge in [-0.3, -0.25) is 10.3 Å². The number of anilines is 2. The standard InChI is InChI=1S/C18H15F4N5.C5H12O/c1-10-4-12(20)6-13(5-10)26(8-16(21)22)17-14-7-11(19)2-3-15(14)27-9-23-25-18(27)24-17;1-5(2,3)6-4/h2-7,9,16,18,25H,8H2,1H3;1-4H3. The first kappa shape index (κ1) is 24.5. The number of methoxy groups -OCH3 is 1. The molecule has 0 aliphatic carbocycles. The third-order valence-electron chi connectivity index (χ3n) is 4.89. The van der Waals surface area contributed by atoms with E-state index < -0.39 is 30.9 Å². The van der Waals surface area contributed by atoms with Crippen molar-refractivity contribution >= 4 is 23.5 Å². The Balaban J connectivity index is 0.000000454. The van der Waals surface area contributed by atoms with Crippen molar-refractivity contribution in [3.63, 3.8) is 0 Å². The maximum Gasteiger partial charge on any atom is 0.256 e. The number of aliphatic imine (C=N–C) groups is 1. The van der Waals surface area contributed by atoms with Crippen LogP contribution in [0.25, 0.3) is 0 Å². The first-order valence-corrected chi connectivity index (χ1v) is 10.3. The van der Waals surface area contributed by atoms with Gasteiger partial charge in [-0.2, -0.15) is 5.10 Å². The first-order valence-electron chi connectivity index (χ1n) is 10.3. The van der Waals surface area contributed by atoms with Gasteiger partial charge in [-0.25, -0.2) is 22.6 Å². The highest BCUT2D eigenvalue weighted by Gasteiger charge is 2.33. The smallest absolute Gasteiger partial charge is 0.256 e. The number of hydrogen-bond donors (Lipinski definition) is 1. The van der Waals surface area contributed by atoms with E-state index >= 15 is 0 Å². The van der Waals surface area contributed by atoms with Crippen molar-refractivity contribution < 1.29 is 22.3 Å². The molecule has 10 heteroatoms. The van der Waals surface area contributed by atoms with E-state index in [2.05, 4.69) is 15.5 Å². The van der Waals surface area contributed by atoms with Crippen LogP contribution in [0.3, 0.4) is 0 Å². The molecule has 33 heavy (non-hydrogen) atoms. The number of ether oxygens (including phenoxy) is 1. The Morgan fingerprint density at radius 3 is 2.42 bits per heavy atom. The van der Waals surface area contributed by atoms with Gasteiger partial charge in [0.1, 0.15) is 23.8 Å². The van der Waals surface area contributed by atoms with Crippen molar-refractivity contribution in [3.05, 3.63) is 59.2 Å². The van der Waals surface area contributed by atoms with Crippen molar-refractivity contribution in [3.8, 4) is 0 Å². The van der Waals surface area contributed by atoms with Crippen LogP contribution in [0.2, 0.25) is 0 Å². The molecule has 0 radical (unpaired) electrons. The van der Waals surface area contributed by atoms with E-state index in [0.717, 1.165) is 6.07 Å². The van der Waals surface area contributed by atoms with E-state index in [4.69, 9.17) is 4.74 Å². The van der Waals surface area contributed by atoms with Crippen LogP contribution in [0.5, 0.6) is 0 Å². The number of benzene rings is 2. The largest absolute Gasteiger partial charge is 0.379 e. The summed E-state index contributed by atoms with van der Waals surface area (Å²) in [7, 11) is 1.71. The van der Waals surface area contributed by atoms with Crippen LogP contribution in [0.15, 0.2) is 46.5 Å². The molecule has 2 aliphatic rings. The number of hydrazone groups is 1. The van der Waals surface area contributed by atoms with E-state index in [1.807, 2.05) is 20.8 Å². The van der Waals surface area contributed by atoms with Crippen LogP contribution >= 0.6 is 0 Å². The minimum absolute atomic E-state index is 0.0417. The number of alkyl halides is 2. The van der Waals surface area contributed by atoms with Gasteiger partial charge in [-0.15, -0.1) is 0 Å². The fourth-order valence-corrected chi connectivity index (χ4v) is 3.21. The summed E-state index contributed by atoms with van der Waals surface area (Å²) >= 11 is 0. The second-order valence-corrected chi connectivity index (χ2v) is 8.57. The van der Waals surface area contributed by atoms with Gasteiger partial charge in [0.25, 0.3) is 6.43 Å². The molecule has 0 aromatic heterocycles. The van der Waals surface area contributed by atoms with Crippen molar-refractivity contribution in [1.29, 1.82) is 0 Å². The summed E-state index contributed by atoms with van der Waals surface area (Å²) < 4.78 is 59.4. The lowest BCUT2D eigenvalue weighted by Gasteiger charge is -2.34. The van der Waals surface area contributed by atoms with Gasteiger partial charge in [0.05, 0.1) is 17.8 Å². The quantitative estimate of drug-likeness (QED) is 0.657. The Morgan fingerprint density at radius 2 is 1.82 bits per heavy atom. The Morgan fingerprint density at radius 1 is 1.12 bits per heavy atom. The van der Waals surface area contributed by atoms with Crippen molar-refractivity contribution in [1.82, 2.24) is 5.43 Å². The van der Waals surface area contributed by atoms with Crippen molar-refractivity contribution in [2.24, 2.45) is 10.1 Å². The highest BCUT2D eigenvalue weighted by atomic mass is 19.3. The number of nitrogens with one attached hydrogen (secondary N) is 1. The minimum Gasteiger partial charge on any atom is -0.379 e. The number of hydrogen-bond acceptors (Lipinski definition) is 6. The molecule has 0 saturated heterocycles. The van der Waals surface area contributed by atoms with Gasteiger partial charge >= 0.3 is 0 Å². The predicted octanol–water partition coefficient (Wildman–Crippen LogP) is 4.87. The summed E-state index contributed by atoms with van der Waals surface area (Å²) in [6, 6.07) is 8.06. The molecule has 1 atom stereocenters. The van der Waals surface area contributed by atoms with Crippen molar-refractivity contribution in [2.75, 3.05) is 23.5 Å². The number of aryl methyl sites for hydroxylation is 1. The number of nitrogens with zero attached hydrogens (tertiary/aromatic N) is 4. The summed E-state index contributed by atoms with van der Waals surface area (Å²) in [4.78, 5) is 7.29. The molecule has 0 amide bonds. The summed E-state index contributed by atoms with van der Waals surface area (Å²) in [5.74, 6) is -0.963. The first-order chi connectivity index (χ1) is 15.5. The fourth-order valence-electron chi connectivity index (χ4n) is 3.21. The normalized spacial score (nSPS) is 16.5. The van der Waals surface area contributed by atoms with Crippen LogP contribution in [0.4, 0.5) is 28.9 Å². The molecule has 0 saturated carbocycles. The molecule has 0 fully saturated rings. The number of fused-ring (bicyclic) bond motifs is 3. The average molecular weight is 465 g/mol. The molecular formula is C23H27F4N5O. The summed E-state index contributed by atoms with van der Waals surface area (Å²) in [5.41, 5.74) is 4.47. The van der Waals surface area contributed by atoms with Crippen LogP contribution in [0.1, 0.15) is 31.9 Å². The van der Waals surface area contributed by atoms with Gasteiger partial charge in [0.15, 0.2) is 0 Å². The molecule has 0 bridgehead atoms. The van der Waals surface area contributed by atoms with Gasteiger partial charge < -0.3 is 9.64 Å². The third-order valence-corrected chi connectivity index (χ3v) is 4.89. The zero-order valence-electron chi connectivity index (χ0n) is 19.1. The molecule has 2 aliphatic heterocycles. The SMILES string of the molecule is COC(C)(C)C.Cc1cc(F)cc(N(CC(F)F)C2=NC3NN=CN3c3ccc(F)cc32)c1. The van der Waals surface area contributed by atoms with Crippen LogP contribution in [0, 0.1) is 18.6 Å². The van der Waals surface area contributed by atoms with E-state index in [-0.39, 0.29) is 17.1 Å². The van der Waals surface area contributed by atoms with Gasteiger partial charge in [-0.05, 0) is 69.7 Å². The predicted molar refractivity (Wildman–Crippen MR) is 122 cm³/mol. The lowest BCUT2D eigenvalue weighted by Crippen LogP contribution is -2.46. The fraction of sp³-hybridized carbons (Fsp3) is 0.391. The summed E-state index contributed by atoms with van der Waals surface area (Å²) in [6.07, 6.45) is -1.86. The van der Waals surface area contributed by atoms with E-state index in [0.29, 0.717) is 16.8 Å². The number of rotatable bonds is 3. The maximum atomic E-state index is 13.9. The number of amidine groups is 1. The van der Waals surface area contributed by atoms with Crippen LogP contribution in [-0.4, -0.2) is 44.1 Å². The Labute approximate surface area is 190 Å². The minimum atomic E-state index is -2.71. The second-order valence-electron chi connectivity index (χ2n) is 8.57. The van der Waals surface area contributed by atoms with Crippen LogP contribution in [-0.2, 0) is 4.74 Å². The Kier molecular flexibility index (Phi) is 7.26. The molecule has 2 aromatic carbocycles. The highest BCUT2D eigenvalue weighted by molar-refractivity contribution is 6.15. The van der Waals surface area contributed by atoms with E-state index in [1.54, 1.807) is 25.0 Å². The molecule has 178 valence electrons. The molecule has 1 unspecified atom stereocenters. The van der Waals surface area contributed by atoms with Crippen molar-refractivity contribution in [2.45, 2.75) is 46.0 Å². The third kappa shape index (κ3) is 6.01. The molecular weight excluding hydrogens is 438 g/mol. The number of halogens is 4. The topological polar surface area (TPSA) is 52.5 Å². The van der Waals surface area contributed by atoms with Gasteiger partial charge in [-0.1, -0.05) is 0 Å². The molecule has 6 nitrogen and oxygen atoms in total. The zero-order chi connectivity index (χ0) is 24.3. The molecule has 1 N–H and O–H groups in total. The van der Waals surface area contributed by atoms with Crippen LogP contribution < -0.4 is 15.2 Å². The monoisotopic (exact) mass is 465 g/mol. The van der Waals surface area contributed by atoms with Gasteiger partial charge in [0, 0.05) is 18.4 Å². The average Bonchev–Trinajstić information content (AvgIpc) is 3.19. The summed E-state index contributed by atoms with van der Waals surface area (Å²) in [5, 5.41) is 3.93. The molecule has 2 heterocycles. The summed E-state index contributed by atoms with van der Waals surface area (Å²) in [6.45, 7) is 7.01. The Bertz CT molecular complexity index is 1030. The lowest BCUT2D eigenvalue weighted by atomic mass is 10.1. The maximum absolute atomic E-state index is 13.9. The van der Waals surface area contributed by atoms with Gasteiger partial charge in [0.2, 0.25) is 6.29 Å². The highest BCUT2D eigenvalue weighted by Crippen LogP contribution is 2.32. The Hall–Kier alpha value is -3.14. The molecule has 4 rings (SSSR count). The van der Waals surface area contributed by atoms with E-state index in [1.165, 1.54) is 35.5 Å². The zero-order valence-corrected chi connectivity index (χ0v) is 19.1. The molecule has 2 aromatic rings. The molecule has 0 spiro atoms. The lowest BCUT2D eigenvalue weighted by molar-refractivity contribution is 0.0397. The second kappa shape index (κ2) is 9.78.